The largest absolute Gasteiger partial charge is 0.462 e. The summed E-state index contributed by atoms with van der Waals surface area (Å²) in [6.07, 6.45) is 1.35. The van der Waals surface area contributed by atoms with Gasteiger partial charge in [-0.05, 0) is 43.3 Å². The molecule has 1 aromatic heterocycles. The van der Waals surface area contributed by atoms with Crippen LogP contribution in [0.2, 0.25) is 0 Å². The van der Waals surface area contributed by atoms with Gasteiger partial charge < -0.3 is 4.74 Å². The molecule has 0 atom stereocenters. The zero-order valence-electron chi connectivity index (χ0n) is 16.0. The maximum atomic E-state index is 11.9. The van der Waals surface area contributed by atoms with Crippen molar-refractivity contribution in [3.8, 4) is 23.0 Å². The Kier molecular flexibility index (Phi) is 6.11. The van der Waals surface area contributed by atoms with E-state index in [2.05, 4.69) is 5.10 Å². The molecule has 0 fully saturated rings. The Labute approximate surface area is 173 Å². The van der Waals surface area contributed by atoms with Crippen LogP contribution in [0.25, 0.3) is 23.0 Å². The van der Waals surface area contributed by atoms with Gasteiger partial charge in [-0.3, -0.25) is 0 Å². The third kappa shape index (κ3) is 4.63. The van der Waals surface area contributed by atoms with Gasteiger partial charge in [-0.1, -0.05) is 30.3 Å². The summed E-state index contributed by atoms with van der Waals surface area (Å²) in [5.74, 6) is -0.728. The number of benzene rings is 2. The van der Waals surface area contributed by atoms with Crippen molar-refractivity contribution in [2.45, 2.75) is 11.8 Å². The molecule has 30 heavy (non-hydrogen) atoms. The van der Waals surface area contributed by atoms with Crippen molar-refractivity contribution in [1.29, 1.82) is 5.26 Å². The van der Waals surface area contributed by atoms with Gasteiger partial charge in [0, 0.05) is 5.56 Å². The Morgan fingerprint density at radius 3 is 2.43 bits per heavy atom. The summed E-state index contributed by atoms with van der Waals surface area (Å²) < 4.78 is 29.5. The summed E-state index contributed by atoms with van der Waals surface area (Å²) in [6.45, 7) is 1.80. The first-order valence-electron chi connectivity index (χ1n) is 8.91. The van der Waals surface area contributed by atoms with Gasteiger partial charge in [-0.15, -0.1) is 0 Å². The van der Waals surface area contributed by atoms with Gasteiger partial charge in [0.2, 0.25) is 10.0 Å². The molecular weight excluding hydrogens is 404 g/mol. The Morgan fingerprint density at radius 2 is 1.87 bits per heavy atom. The van der Waals surface area contributed by atoms with E-state index in [0.29, 0.717) is 17.1 Å². The number of hydrogen-bond acceptors (Lipinski definition) is 6. The average Bonchev–Trinajstić information content (AvgIpc) is 3.16. The Hall–Kier alpha value is -3.74. The summed E-state index contributed by atoms with van der Waals surface area (Å²) >= 11 is 0. The van der Waals surface area contributed by atoms with Gasteiger partial charge in [0.15, 0.2) is 0 Å². The second kappa shape index (κ2) is 8.73. The summed E-state index contributed by atoms with van der Waals surface area (Å²) in [7, 11) is -3.82. The summed E-state index contributed by atoms with van der Waals surface area (Å²) in [4.78, 5) is 11.9. The van der Waals surface area contributed by atoms with Crippen LogP contribution in [-0.2, 0) is 19.6 Å². The van der Waals surface area contributed by atoms with Crippen molar-refractivity contribution in [3.63, 3.8) is 0 Å². The zero-order valence-corrected chi connectivity index (χ0v) is 16.8. The molecule has 8 nitrogen and oxygen atoms in total. The lowest BCUT2D eigenvalue weighted by atomic mass is 10.1. The molecule has 2 N–H and O–H groups in total. The molecule has 0 bridgehead atoms. The number of nitrogens with two attached hydrogens (primary N) is 1. The van der Waals surface area contributed by atoms with E-state index < -0.39 is 16.0 Å². The number of sulfonamides is 1. The molecule has 1 heterocycles. The highest BCUT2D eigenvalue weighted by Crippen LogP contribution is 2.25. The fourth-order valence-corrected chi connectivity index (χ4v) is 3.27. The molecule has 0 unspecified atom stereocenters. The smallest absolute Gasteiger partial charge is 0.348 e. The molecule has 0 aliphatic carbocycles. The minimum Gasteiger partial charge on any atom is -0.462 e. The third-order valence-corrected chi connectivity index (χ3v) is 5.04. The number of primary sulfonamides is 1. The fourth-order valence-electron chi connectivity index (χ4n) is 2.75. The van der Waals surface area contributed by atoms with Crippen LogP contribution >= 0.6 is 0 Å². The highest BCUT2D eigenvalue weighted by molar-refractivity contribution is 7.89. The highest BCUT2D eigenvalue weighted by atomic mass is 32.2. The van der Waals surface area contributed by atoms with E-state index in [1.54, 1.807) is 29.8 Å². The van der Waals surface area contributed by atoms with Crippen LogP contribution in [0, 0.1) is 11.3 Å². The van der Waals surface area contributed by atoms with E-state index in [1.165, 1.54) is 18.2 Å². The standard InChI is InChI=1S/C21H18N4O4S/c1-2-29-21(26)16(14-22)12-17-13-20(15-6-4-3-5-7-15)25(24-17)18-8-10-19(11-9-18)30(23,27)28/h3-13H,2H2,1H3,(H2,23,27,28)/b16-12+. The Bertz CT molecular complexity index is 1240. The van der Waals surface area contributed by atoms with Crippen molar-refractivity contribution in [1.82, 2.24) is 9.78 Å². The third-order valence-electron chi connectivity index (χ3n) is 4.12. The van der Waals surface area contributed by atoms with Crippen molar-refractivity contribution in [3.05, 3.63) is 71.9 Å². The highest BCUT2D eigenvalue weighted by Gasteiger charge is 2.15. The molecule has 3 rings (SSSR count). The number of hydrogen-bond donors (Lipinski definition) is 1. The van der Waals surface area contributed by atoms with E-state index in [0.717, 1.165) is 5.56 Å². The molecule has 0 radical (unpaired) electrons. The Balaban J connectivity index is 2.12. The maximum absolute atomic E-state index is 11.9. The fraction of sp³-hybridized carbons (Fsp3) is 0.0952. The van der Waals surface area contributed by atoms with E-state index in [1.807, 2.05) is 36.4 Å². The van der Waals surface area contributed by atoms with Gasteiger partial charge in [0.25, 0.3) is 0 Å². The number of nitrogens with zero attached hydrogens (tertiary/aromatic N) is 3. The molecular formula is C21H18N4O4S. The lowest BCUT2D eigenvalue weighted by molar-refractivity contribution is -0.137. The van der Waals surface area contributed by atoms with Gasteiger partial charge in [0.1, 0.15) is 11.6 Å². The monoisotopic (exact) mass is 422 g/mol. The zero-order chi connectivity index (χ0) is 21.7. The molecule has 2 aromatic carbocycles. The van der Waals surface area contributed by atoms with Crippen LogP contribution in [-0.4, -0.2) is 30.8 Å². The second-order valence-corrected chi connectivity index (χ2v) is 7.72. The van der Waals surface area contributed by atoms with Crippen LogP contribution < -0.4 is 5.14 Å². The van der Waals surface area contributed by atoms with Crippen LogP contribution in [0.5, 0.6) is 0 Å². The molecule has 3 aromatic rings. The van der Waals surface area contributed by atoms with Gasteiger partial charge in [-0.25, -0.2) is 23.0 Å². The van der Waals surface area contributed by atoms with E-state index in [4.69, 9.17) is 9.88 Å². The lowest BCUT2D eigenvalue weighted by Crippen LogP contribution is -2.12. The van der Waals surface area contributed by atoms with E-state index in [-0.39, 0.29) is 17.1 Å². The first kappa shape index (κ1) is 21.0. The normalized spacial score (nSPS) is 11.7. The first-order valence-corrected chi connectivity index (χ1v) is 10.5. The summed E-state index contributed by atoms with van der Waals surface area (Å²) in [6, 6.07) is 18.8. The number of esters is 1. The van der Waals surface area contributed by atoms with Crippen LogP contribution in [0.1, 0.15) is 12.6 Å². The maximum Gasteiger partial charge on any atom is 0.348 e. The number of carbonyl (C=O) groups excluding carboxylic acids is 1. The van der Waals surface area contributed by atoms with Gasteiger partial charge >= 0.3 is 5.97 Å². The number of nitriles is 1. The van der Waals surface area contributed by atoms with Gasteiger partial charge in [-0.2, -0.15) is 10.4 Å². The van der Waals surface area contributed by atoms with Crippen molar-refractivity contribution in [2.75, 3.05) is 6.61 Å². The number of aromatic nitrogens is 2. The van der Waals surface area contributed by atoms with Crippen molar-refractivity contribution < 1.29 is 17.9 Å². The van der Waals surface area contributed by atoms with Crippen LogP contribution in [0.3, 0.4) is 0 Å². The second-order valence-electron chi connectivity index (χ2n) is 6.16. The SMILES string of the molecule is CCOC(=O)/C(C#N)=C/c1cc(-c2ccccc2)n(-c2ccc(S(N)(=O)=O)cc2)n1. The van der Waals surface area contributed by atoms with E-state index in [9.17, 15) is 18.5 Å². The predicted octanol–water partition coefficient (Wildman–Crippen LogP) is 2.66. The molecule has 0 aliphatic rings. The van der Waals surface area contributed by atoms with Crippen molar-refractivity contribution >= 4 is 22.1 Å². The lowest BCUT2D eigenvalue weighted by Gasteiger charge is -2.08. The van der Waals surface area contributed by atoms with E-state index >= 15 is 0 Å². The van der Waals surface area contributed by atoms with Gasteiger partial charge in [0.05, 0.1) is 28.6 Å². The van der Waals surface area contributed by atoms with Crippen LogP contribution in [0.15, 0.2) is 71.1 Å². The molecule has 0 saturated heterocycles. The number of rotatable bonds is 6. The molecule has 0 spiro atoms. The average molecular weight is 422 g/mol. The Morgan fingerprint density at radius 1 is 1.20 bits per heavy atom. The topological polar surface area (TPSA) is 128 Å². The molecule has 0 amide bonds. The molecule has 0 aliphatic heterocycles. The first-order chi connectivity index (χ1) is 14.3. The number of carbonyl (C=O) groups is 1. The molecule has 152 valence electrons. The van der Waals surface area contributed by atoms with Crippen LogP contribution in [0.4, 0.5) is 0 Å². The quantitative estimate of drug-likeness (QED) is 0.369. The minimum absolute atomic E-state index is 0.0196. The molecule has 0 saturated carbocycles. The molecule has 9 heteroatoms. The summed E-state index contributed by atoms with van der Waals surface area (Å²) in [5.41, 5.74) is 2.30. The summed E-state index contributed by atoms with van der Waals surface area (Å²) in [5, 5.41) is 18.9. The van der Waals surface area contributed by atoms with Crippen molar-refractivity contribution in [2.24, 2.45) is 5.14 Å². The predicted molar refractivity (Wildman–Crippen MR) is 111 cm³/mol. The number of ether oxygens (including phenoxy) is 1. The minimum atomic E-state index is -3.82.